The lowest BCUT2D eigenvalue weighted by atomic mass is 10.1. The SMILES string of the molecule is CCCNC(=O)[C@@H](C)N(Cc1ccc(F)cc1)C(=O)CCCN1c2cccc3cccc(c23)S1(=O)=O. The van der Waals surface area contributed by atoms with Crippen LogP contribution in [0.5, 0.6) is 0 Å². The van der Waals surface area contributed by atoms with Gasteiger partial charge in [0.25, 0.3) is 10.0 Å². The average molecular weight is 512 g/mol. The van der Waals surface area contributed by atoms with Crippen LogP contribution in [0.1, 0.15) is 38.7 Å². The van der Waals surface area contributed by atoms with Gasteiger partial charge in [0.15, 0.2) is 0 Å². The van der Waals surface area contributed by atoms with Crippen LogP contribution in [-0.2, 0) is 26.2 Å². The number of nitrogens with zero attached hydrogens (tertiary/aromatic N) is 2. The predicted octanol–water partition coefficient (Wildman–Crippen LogP) is 4.21. The fourth-order valence-electron chi connectivity index (χ4n) is 4.48. The Morgan fingerprint density at radius 3 is 2.44 bits per heavy atom. The quantitative estimate of drug-likeness (QED) is 0.442. The van der Waals surface area contributed by atoms with Crippen LogP contribution >= 0.6 is 0 Å². The summed E-state index contributed by atoms with van der Waals surface area (Å²) >= 11 is 0. The molecular weight excluding hydrogens is 481 g/mol. The van der Waals surface area contributed by atoms with E-state index in [9.17, 15) is 22.4 Å². The number of hydrogen-bond acceptors (Lipinski definition) is 4. The number of sulfonamides is 1. The lowest BCUT2D eigenvalue weighted by molar-refractivity contribution is -0.140. The molecule has 0 aromatic heterocycles. The normalized spacial score (nSPS) is 14.6. The zero-order valence-corrected chi connectivity index (χ0v) is 21.2. The first-order valence-corrected chi connectivity index (χ1v) is 13.5. The van der Waals surface area contributed by atoms with Gasteiger partial charge in [-0.2, -0.15) is 0 Å². The van der Waals surface area contributed by atoms with Crippen molar-refractivity contribution in [2.75, 3.05) is 17.4 Å². The summed E-state index contributed by atoms with van der Waals surface area (Å²) in [6.45, 7) is 4.39. The first-order valence-electron chi connectivity index (χ1n) is 12.1. The summed E-state index contributed by atoms with van der Waals surface area (Å²) in [5.41, 5.74) is 1.31. The number of hydrogen-bond donors (Lipinski definition) is 1. The molecule has 7 nitrogen and oxygen atoms in total. The van der Waals surface area contributed by atoms with E-state index in [1.807, 2.05) is 25.1 Å². The number of anilines is 1. The lowest BCUT2D eigenvalue weighted by Gasteiger charge is -2.29. The van der Waals surface area contributed by atoms with Crippen LogP contribution in [0.4, 0.5) is 10.1 Å². The van der Waals surface area contributed by atoms with E-state index in [1.165, 1.54) is 21.3 Å². The zero-order chi connectivity index (χ0) is 25.9. The molecule has 1 heterocycles. The highest BCUT2D eigenvalue weighted by molar-refractivity contribution is 7.93. The topological polar surface area (TPSA) is 86.8 Å². The lowest BCUT2D eigenvalue weighted by Crippen LogP contribution is -2.47. The second-order valence-corrected chi connectivity index (χ2v) is 10.8. The summed E-state index contributed by atoms with van der Waals surface area (Å²) in [5.74, 6) is -0.921. The molecule has 9 heteroatoms. The van der Waals surface area contributed by atoms with E-state index >= 15 is 0 Å². The Morgan fingerprint density at radius 2 is 1.75 bits per heavy atom. The van der Waals surface area contributed by atoms with Crippen LogP contribution in [0.2, 0.25) is 0 Å². The van der Waals surface area contributed by atoms with Gasteiger partial charge in [0.1, 0.15) is 11.9 Å². The van der Waals surface area contributed by atoms with Crippen LogP contribution in [0, 0.1) is 5.82 Å². The highest BCUT2D eigenvalue weighted by Crippen LogP contribution is 2.42. The molecule has 0 spiro atoms. The fraction of sp³-hybridized carbons (Fsp3) is 0.333. The van der Waals surface area contributed by atoms with Gasteiger partial charge in [0.2, 0.25) is 11.8 Å². The minimum atomic E-state index is -3.70. The molecule has 3 aromatic carbocycles. The van der Waals surface area contributed by atoms with Crippen LogP contribution < -0.4 is 9.62 Å². The van der Waals surface area contributed by atoms with E-state index in [0.29, 0.717) is 23.2 Å². The molecular formula is C27H30FN3O4S. The van der Waals surface area contributed by atoms with Gasteiger partial charge in [-0.1, -0.05) is 43.3 Å². The van der Waals surface area contributed by atoms with E-state index in [-0.39, 0.29) is 48.5 Å². The Balaban J connectivity index is 1.48. The van der Waals surface area contributed by atoms with Crippen molar-refractivity contribution in [1.29, 1.82) is 0 Å². The van der Waals surface area contributed by atoms with Crippen molar-refractivity contribution in [3.8, 4) is 0 Å². The maximum absolute atomic E-state index is 13.4. The minimum absolute atomic E-state index is 0.0605. The third kappa shape index (κ3) is 5.06. The number of carbonyl (C=O) groups is 2. The summed E-state index contributed by atoms with van der Waals surface area (Å²) in [6, 6.07) is 15.8. The molecule has 0 saturated heterocycles. The molecule has 2 amide bonds. The average Bonchev–Trinajstić information content (AvgIpc) is 3.09. The number of benzene rings is 3. The molecule has 1 aliphatic heterocycles. The third-order valence-corrected chi connectivity index (χ3v) is 8.27. The van der Waals surface area contributed by atoms with Gasteiger partial charge in [-0.15, -0.1) is 0 Å². The van der Waals surface area contributed by atoms with E-state index in [1.54, 1.807) is 37.3 Å². The second kappa shape index (κ2) is 10.7. The summed E-state index contributed by atoms with van der Waals surface area (Å²) in [6.07, 6.45) is 1.11. The predicted molar refractivity (Wildman–Crippen MR) is 137 cm³/mol. The molecule has 4 rings (SSSR count). The van der Waals surface area contributed by atoms with Gasteiger partial charge in [-0.3, -0.25) is 13.9 Å². The Bertz CT molecular complexity index is 1370. The Morgan fingerprint density at radius 1 is 1.06 bits per heavy atom. The van der Waals surface area contributed by atoms with Crippen molar-refractivity contribution >= 4 is 38.3 Å². The van der Waals surface area contributed by atoms with Gasteiger partial charge in [0, 0.05) is 31.4 Å². The van der Waals surface area contributed by atoms with Crippen molar-refractivity contribution in [2.24, 2.45) is 0 Å². The Hall–Kier alpha value is -3.46. The molecule has 1 aliphatic rings. The van der Waals surface area contributed by atoms with Crippen LogP contribution in [0.25, 0.3) is 10.8 Å². The second-order valence-electron chi connectivity index (χ2n) is 8.93. The van der Waals surface area contributed by atoms with E-state index in [0.717, 1.165) is 11.8 Å². The molecule has 0 fully saturated rings. The number of nitrogens with one attached hydrogen (secondary N) is 1. The van der Waals surface area contributed by atoms with Crippen molar-refractivity contribution in [2.45, 2.75) is 50.6 Å². The number of carbonyl (C=O) groups excluding carboxylic acids is 2. The molecule has 190 valence electrons. The molecule has 36 heavy (non-hydrogen) atoms. The molecule has 0 bridgehead atoms. The maximum Gasteiger partial charge on any atom is 0.265 e. The Kier molecular flexibility index (Phi) is 7.59. The van der Waals surface area contributed by atoms with Gasteiger partial charge >= 0.3 is 0 Å². The number of amides is 2. The molecule has 0 radical (unpaired) electrons. The van der Waals surface area contributed by atoms with Crippen molar-refractivity contribution in [3.63, 3.8) is 0 Å². The first kappa shape index (κ1) is 25.6. The standard InChI is InChI=1S/C27H30FN3O4S/c1-3-16-29-27(33)19(2)30(18-20-12-14-22(28)15-13-20)25(32)11-6-17-31-23-9-4-7-21-8-5-10-24(26(21)23)36(31,34)35/h4-5,7-10,12-15,19H,3,6,11,16-18H2,1-2H3,(H,29,33)/t19-/m1/s1. The molecule has 1 N–H and O–H groups in total. The van der Waals surface area contributed by atoms with Crippen LogP contribution in [0.3, 0.4) is 0 Å². The first-order chi connectivity index (χ1) is 17.2. The summed E-state index contributed by atoms with van der Waals surface area (Å²) < 4.78 is 41.1. The van der Waals surface area contributed by atoms with Gasteiger partial charge < -0.3 is 10.2 Å². The number of halogens is 1. The van der Waals surface area contributed by atoms with E-state index in [4.69, 9.17) is 0 Å². The molecule has 3 aromatic rings. The van der Waals surface area contributed by atoms with Crippen molar-refractivity contribution in [1.82, 2.24) is 10.2 Å². The molecule has 1 atom stereocenters. The molecule has 0 saturated carbocycles. The van der Waals surface area contributed by atoms with Crippen LogP contribution in [0.15, 0.2) is 65.6 Å². The number of rotatable bonds is 10. The maximum atomic E-state index is 13.4. The monoisotopic (exact) mass is 511 g/mol. The largest absolute Gasteiger partial charge is 0.354 e. The van der Waals surface area contributed by atoms with Crippen molar-refractivity contribution in [3.05, 3.63) is 72.0 Å². The smallest absolute Gasteiger partial charge is 0.265 e. The van der Waals surface area contributed by atoms with Gasteiger partial charge in [-0.25, -0.2) is 12.8 Å². The minimum Gasteiger partial charge on any atom is -0.354 e. The highest BCUT2D eigenvalue weighted by Gasteiger charge is 2.35. The Labute approximate surface area is 210 Å². The molecule has 0 aliphatic carbocycles. The van der Waals surface area contributed by atoms with Gasteiger partial charge in [0.05, 0.1) is 10.6 Å². The third-order valence-electron chi connectivity index (χ3n) is 6.42. The van der Waals surface area contributed by atoms with Gasteiger partial charge in [-0.05, 0) is 55.0 Å². The summed E-state index contributed by atoms with van der Waals surface area (Å²) in [7, 11) is -3.70. The fourth-order valence-corrected chi connectivity index (χ4v) is 6.23. The highest BCUT2D eigenvalue weighted by atomic mass is 32.2. The summed E-state index contributed by atoms with van der Waals surface area (Å²) in [4.78, 5) is 27.7. The summed E-state index contributed by atoms with van der Waals surface area (Å²) in [5, 5.41) is 4.37. The zero-order valence-electron chi connectivity index (χ0n) is 20.4. The van der Waals surface area contributed by atoms with Crippen LogP contribution in [-0.4, -0.2) is 44.3 Å². The van der Waals surface area contributed by atoms with Crippen molar-refractivity contribution < 1.29 is 22.4 Å². The van der Waals surface area contributed by atoms with E-state index < -0.39 is 16.1 Å². The molecule has 0 unspecified atom stereocenters. The van der Waals surface area contributed by atoms with E-state index in [2.05, 4.69) is 5.32 Å².